The molecular weight excluding hydrogens is 176 g/mol. The molecule has 0 heterocycles. The van der Waals surface area contributed by atoms with Crippen LogP contribution < -0.4 is 0 Å². The molecule has 0 spiro atoms. The lowest BCUT2D eigenvalue weighted by atomic mass is 9.83. The van der Waals surface area contributed by atoms with Crippen molar-refractivity contribution in [1.82, 2.24) is 0 Å². The fraction of sp³-hybridized carbons (Fsp3) is 0.750. The lowest BCUT2D eigenvalue weighted by Crippen LogP contribution is -2.31. The SMILES string of the molecule is O=CC(O)CO.O=CC1CCC1O. The van der Waals surface area contributed by atoms with E-state index in [1.807, 2.05) is 0 Å². The zero-order valence-electron chi connectivity index (χ0n) is 7.17. The number of rotatable bonds is 3. The predicted octanol–water partition coefficient (Wildman–Crippen LogP) is -1.51. The van der Waals surface area contributed by atoms with Crippen molar-refractivity contribution in [2.75, 3.05) is 6.61 Å². The second-order valence-corrected chi connectivity index (χ2v) is 2.83. The van der Waals surface area contributed by atoms with Crippen molar-refractivity contribution in [3.8, 4) is 0 Å². The standard InChI is InChI=1S/C5H8O2.C3H6O3/c6-3-4-1-2-5(4)7;4-1-3(6)2-5/h3-5,7H,1-2H2;1,3,5-6H,2H2. The summed E-state index contributed by atoms with van der Waals surface area (Å²) < 4.78 is 0. The lowest BCUT2D eigenvalue weighted by Gasteiger charge is -2.26. The first-order chi connectivity index (χ1) is 6.15. The number of carbonyl (C=O) groups is 2. The summed E-state index contributed by atoms with van der Waals surface area (Å²) >= 11 is 0. The molecule has 0 aromatic heterocycles. The molecule has 1 aliphatic carbocycles. The van der Waals surface area contributed by atoms with Gasteiger partial charge in [0, 0.05) is 5.92 Å². The summed E-state index contributed by atoms with van der Waals surface area (Å²) in [5.74, 6) is -0.0417. The van der Waals surface area contributed by atoms with Crippen LogP contribution in [0.4, 0.5) is 0 Å². The summed E-state index contributed by atoms with van der Waals surface area (Å²) in [4.78, 5) is 19.2. The van der Waals surface area contributed by atoms with Gasteiger partial charge in [-0.1, -0.05) is 0 Å². The molecule has 0 bridgehead atoms. The maximum absolute atomic E-state index is 9.84. The number of aliphatic hydroxyl groups excluding tert-OH is 3. The van der Waals surface area contributed by atoms with Crippen LogP contribution in [0, 0.1) is 5.92 Å². The Labute approximate surface area is 76.0 Å². The highest BCUT2D eigenvalue weighted by Crippen LogP contribution is 2.24. The van der Waals surface area contributed by atoms with Gasteiger partial charge in [-0.25, -0.2) is 0 Å². The lowest BCUT2D eigenvalue weighted by molar-refractivity contribution is -0.119. The molecule has 0 aromatic carbocycles. The van der Waals surface area contributed by atoms with Crippen molar-refractivity contribution in [3.63, 3.8) is 0 Å². The third-order valence-electron chi connectivity index (χ3n) is 1.81. The molecule has 1 fully saturated rings. The Hall–Kier alpha value is -0.780. The summed E-state index contributed by atoms with van der Waals surface area (Å²) in [6.07, 6.45) is 1.28. The van der Waals surface area contributed by atoms with Gasteiger partial charge in [-0.3, -0.25) is 0 Å². The molecule has 3 atom stereocenters. The minimum Gasteiger partial charge on any atom is -0.393 e. The van der Waals surface area contributed by atoms with E-state index in [-0.39, 0.29) is 18.3 Å². The number of hydrogen-bond acceptors (Lipinski definition) is 5. The van der Waals surface area contributed by atoms with Crippen molar-refractivity contribution >= 4 is 12.6 Å². The van der Waals surface area contributed by atoms with E-state index in [9.17, 15) is 9.59 Å². The van der Waals surface area contributed by atoms with Gasteiger partial charge < -0.3 is 24.9 Å². The number of hydrogen-bond donors (Lipinski definition) is 3. The summed E-state index contributed by atoms with van der Waals surface area (Å²) in [5, 5.41) is 24.6. The largest absolute Gasteiger partial charge is 0.393 e. The van der Waals surface area contributed by atoms with Gasteiger partial charge >= 0.3 is 0 Å². The van der Waals surface area contributed by atoms with Gasteiger partial charge in [-0.05, 0) is 12.8 Å². The van der Waals surface area contributed by atoms with Gasteiger partial charge in [-0.2, -0.15) is 0 Å². The van der Waals surface area contributed by atoms with E-state index in [1.165, 1.54) is 0 Å². The molecule has 76 valence electrons. The predicted molar refractivity (Wildman–Crippen MR) is 44.0 cm³/mol. The Morgan fingerprint density at radius 1 is 1.38 bits per heavy atom. The normalized spacial score (nSPS) is 27.6. The zero-order valence-corrected chi connectivity index (χ0v) is 7.17. The molecule has 0 saturated heterocycles. The van der Waals surface area contributed by atoms with Gasteiger partial charge in [0.05, 0.1) is 12.7 Å². The van der Waals surface area contributed by atoms with Crippen LogP contribution in [0.3, 0.4) is 0 Å². The Kier molecular flexibility index (Phi) is 6.30. The van der Waals surface area contributed by atoms with E-state index in [0.29, 0.717) is 0 Å². The Morgan fingerprint density at radius 3 is 2.00 bits per heavy atom. The van der Waals surface area contributed by atoms with Crippen molar-refractivity contribution in [3.05, 3.63) is 0 Å². The third kappa shape index (κ3) is 4.72. The van der Waals surface area contributed by atoms with E-state index in [2.05, 4.69) is 0 Å². The molecule has 0 aromatic rings. The molecule has 3 unspecified atom stereocenters. The van der Waals surface area contributed by atoms with E-state index >= 15 is 0 Å². The van der Waals surface area contributed by atoms with E-state index in [1.54, 1.807) is 0 Å². The minimum atomic E-state index is -1.19. The zero-order chi connectivity index (χ0) is 10.3. The van der Waals surface area contributed by atoms with Gasteiger partial charge in [0.15, 0.2) is 6.29 Å². The van der Waals surface area contributed by atoms with Crippen LogP contribution in [-0.2, 0) is 9.59 Å². The van der Waals surface area contributed by atoms with Crippen LogP contribution in [0.2, 0.25) is 0 Å². The van der Waals surface area contributed by atoms with E-state index in [4.69, 9.17) is 15.3 Å². The van der Waals surface area contributed by atoms with Crippen LogP contribution in [0.5, 0.6) is 0 Å². The minimum absolute atomic E-state index is 0.0417. The number of carbonyl (C=O) groups excluding carboxylic acids is 2. The van der Waals surface area contributed by atoms with Crippen LogP contribution in [0.15, 0.2) is 0 Å². The first kappa shape index (κ1) is 12.2. The third-order valence-corrected chi connectivity index (χ3v) is 1.81. The second kappa shape index (κ2) is 6.71. The maximum atomic E-state index is 9.84. The van der Waals surface area contributed by atoms with Crippen LogP contribution in [0.1, 0.15) is 12.8 Å². The summed E-state index contributed by atoms with van der Waals surface area (Å²) in [7, 11) is 0. The number of aliphatic hydroxyl groups is 3. The molecule has 13 heavy (non-hydrogen) atoms. The molecule has 0 radical (unpaired) electrons. The topological polar surface area (TPSA) is 94.8 Å². The van der Waals surface area contributed by atoms with Gasteiger partial charge in [0.2, 0.25) is 0 Å². The van der Waals surface area contributed by atoms with E-state index in [0.717, 1.165) is 19.1 Å². The van der Waals surface area contributed by atoms with Crippen molar-refractivity contribution in [1.29, 1.82) is 0 Å². The fourth-order valence-electron chi connectivity index (χ4n) is 0.710. The monoisotopic (exact) mass is 190 g/mol. The quantitative estimate of drug-likeness (QED) is 0.470. The Balaban J connectivity index is 0.000000226. The molecule has 0 amide bonds. The molecule has 5 heteroatoms. The van der Waals surface area contributed by atoms with Gasteiger partial charge in [-0.15, -0.1) is 0 Å². The molecule has 0 aliphatic heterocycles. The highest BCUT2D eigenvalue weighted by atomic mass is 16.3. The van der Waals surface area contributed by atoms with Crippen molar-refractivity contribution in [2.24, 2.45) is 5.92 Å². The molecule has 1 aliphatic rings. The highest BCUT2D eigenvalue weighted by molar-refractivity contribution is 5.56. The van der Waals surface area contributed by atoms with Gasteiger partial charge in [0.25, 0.3) is 0 Å². The average molecular weight is 190 g/mol. The van der Waals surface area contributed by atoms with Crippen molar-refractivity contribution < 1.29 is 24.9 Å². The van der Waals surface area contributed by atoms with Gasteiger partial charge in [0.1, 0.15) is 12.4 Å². The first-order valence-corrected chi connectivity index (χ1v) is 4.03. The Morgan fingerprint density at radius 2 is 2.00 bits per heavy atom. The Bertz CT molecular complexity index is 159. The molecule has 1 rings (SSSR count). The van der Waals surface area contributed by atoms with Crippen molar-refractivity contribution in [2.45, 2.75) is 25.0 Å². The highest BCUT2D eigenvalue weighted by Gasteiger charge is 2.27. The second-order valence-electron chi connectivity index (χ2n) is 2.83. The van der Waals surface area contributed by atoms with E-state index < -0.39 is 12.7 Å². The smallest absolute Gasteiger partial charge is 0.150 e. The van der Waals surface area contributed by atoms with Crippen LogP contribution >= 0.6 is 0 Å². The maximum Gasteiger partial charge on any atom is 0.150 e. The molecule has 3 N–H and O–H groups in total. The summed E-state index contributed by atoms with van der Waals surface area (Å²) in [5.41, 5.74) is 0. The number of aldehydes is 2. The average Bonchev–Trinajstić information content (AvgIpc) is 2.16. The summed E-state index contributed by atoms with van der Waals surface area (Å²) in [6.45, 7) is -0.483. The summed E-state index contributed by atoms with van der Waals surface area (Å²) in [6, 6.07) is 0. The first-order valence-electron chi connectivity index (χ1n) is 4.03. The molecule has 1 saturated carbocycles. The molecular formula is C8H14O5. The fourth-order valence-corrected chi connectivity index (χ4v) is 0.710. The van der Waals surface area contributed by atoms with Crippen LogP contribution in [0.25, 0.3) is 0 Å². The molecule has 5 nitrogen and oxygen atoms in total. The van der Waals surface area contributed by atoms with Crippen LogP contribution in [-0.4, -0.2) is 46.7 Å².